The van der Waals surface area contributed by atoms with Gasteiger partial charge in [-0.05, 0) is 123 Å². The van der Waals surface area contributed by atoms with Crippen LogP contribution in [0.2, 0.25) is 0 Å². The number of pyridine rings is 1. The Morgan fingerprint density at radius 1 is 0.447 bits per heavy atom. The molecule has 0 amide bonds. The third kappa shape index (κ3) is 4.37. The maximum absolute atomic E-state index is 4.90. The van der Waals surface area contributed by atoms with Crippen molar-refractivity contribution >= 4 is 38.6 Å². The van der Waals surface area contributed by atoms with Gasteiger partial charge in [0.1, 0.15) is 0 Å². The molecule has 0 saturated carbocycles. The molecule has 9 rings (SSSR count). The van der Waals surface area contributed by atoms with Crippen molar-refractivity contribution in [1.29, 1.82) is 0 Å². The summed E-state index contributed by atoms with van der Waals surface area (Å²) in [5.74, 6) is 0. The molecule has 0 aliphatic heterocycles. The molecule has 0 saturated heterocycles. The van der Waals surface area contributed by atoms with Gasteiger partial charge in [0, 0.05) is 23.3 Å². The van der Waals surface area contributed by atoms with Gasteiger partial charge in [-0.3, -0.25) is 4.98 Å². The van der Waals surface area contributed by atoms with Gasteiger partial charge in [-0.1, -0.05) is 109 Å². The molecule has 1 aromatic heterocycles. The first kappa shape index (κ1) is 27.3. The van der Waals surface area contributed by atoms with Crippen molar-refractivity contribution < 1.29 is 0 Å². The molecule has 7 aromatic carbocycles. The van der Waals surface area contributed by atoms with Crippen LogP contribution in [-0.4, -0.2) is 4.98 Å². The fourth-order valence-electron chi connectivity index (χ4n) is 7.58. The van der Waals surface area contributed by atoms with Crippen LogP contribution in [0.4, 0.5) is 17.1 Å². The first-order valence-corrected chi connectivity index (χ1v) is 16.2. The van der Waals surface area contributed by atoms with Crippen LogP contribution in [0.15, 0.2) is 176 Å². The number of hydrogen-bond acceptors (Lipinski definition) is 2. The van der Waals surface area contributed by atoms with E-state index in [1.54, 1.807) is 0 Å². The second-order valence-corrected chi connectivity index (χ2v) is 12.6. The molecular formula is C45H32N2. The topological polar surface area (TPSA) is 16.1 Å². The number of benzene rings is 7. The Bertz CT molecular complexity index is 2420. The Labute approximate surface area is 275 Å². The Morgan fingerprint density at radius 2 is 1.11 bits per heavy atom. The SMILES string of the molecule is CC1(c2ccccn2)c2ccccc2-c2cc3ccc4ccc(N(c5ccccc5)c5cccc(-c6ccccc6)c5)cc4c3cc21. The molecule has 1 heterocycles. The van der Waals surface area contributed by atoms with Crippen molar-refractivity contribution in [3.05, 3.63) is 193 Å². The number of aromatic nitrogens is 1. The number of hydrogen-bond donors (Lipinski definition) is 0. The lowest BCUT2D eigenvalue weighted by atomic mass is 9.76. The van der Waals surface area contributed by atoms with Gasteiger partial charge in [-0.15, -0.1) is 0 Å². The Hall–Kier alpha value is -5.99. The largest absolute Gasteiger partial charge is 0.310 e. The maximum atomic E-state index is 4.90. The van der Waals surface area contributed by atoms with Gasteiger partial charge < -0.3 is 4.90 Å². The lowest BCUT2D eigenvalue weighted by molar-refractivity contribution is 0.685. The van der Waals surface area contributed by atoms with Crippen LogP contribution < -0.4 is 4.90 Å². The highest BCUT2D eigenvalue weighted by Gasteiger charge is 2.41. The molecule has 2 heteroatoms. The smallest absolute Gasteiger partial charge is 0.0607 e. The minimum Gasteiger partial charge on any atom is -0.310 e. The highest BCUT2D eigenvalue weighted by Crippen LogP contribution is 2.53. The van der Waals surface area contributed by atoms with Crippen molar-refractivity contribution in [3.8, 4) is 22.3 Å². The summed E-state index contributed by atoms with van der Waals surface area (Å²) in [7, 11) is 0. The Kier molecular flexibility index (Phi) is 6.29. The van der Waals surface area contributed by atoms with Crippen molar-refractivity contribution in [2.45, 2.75) is 12.3 Å². The average molecular weight is 601 g/mol. The molecule has 0 radical (unpaired) electrons. The van der Waals surface area contributed by atoms with E-state index in [0.717, 1.165) is 22.8 Å². The van der Waals surface area contributed by atoms with Crippen molar-refractivity contribution in [1.82, 2.24) is 4.98 Å². The summed E-state index contributed by atoms with van der Waals surface area (Å²) in [4.78, 5) is 7.27. The fourth-order valence-corrected chi connectivity index (χ4v) is 7.58. The molecule has 2 nitrogen and oxygen atoms in total. The molecule has 8 aromatic rings. The van der Waals surface area contributed by atoms with E-state index in [1.807, 2.05) is 12.3 Å². The van der Waals surface area contributed by atoms with Crippen molar-refractivity contribution in [2.24, 2.45) is 0 Å². The van der Waals surface area contributed by atoms with Gasteiger partial charge in [-0.25, -0.2) is 0 Å². The molecular weight excluding hydrogens is 569 g/mol. The summed E-state index contributed by atoms with van der Waals surface area (Å²) in [6.45, 7) is 2.33. The first-order chi connectivity index (χ1) is 23.2. The number of para-hydroxylation sites is 1. The normalized spacial score (nSPS) is 15.0. The average Bonchev–Trinajstić information content (AvgIpc) is 3.40. The zero-order chi connectivity index (χ0) is 31.4. The van der Waals surface area contributed by atoms with Crippen LogP contribution in [0.5, 0.6) is 0 Å². The maximum Gasteiger partial charge on any atom is 0.0607 e. The van der Waals surface area contributed by atoms with Crippen LogP contribution in [0.1, 0.15) is 23.7 Å². The van der Waals surface area contributed by atoms with E-state index in [-0.39, 0.29) is 5.41 Å². The first-order valence-electron chi connectivity index (χ1n) is 16.2. The number of rotatable bonds is 5. The third-order valence-electron chi connectivity index (χ3n) is 9.92. The summed E-state index contributed by atoms with van der Waals surface area (Å²) in [5, 5.41) is 4.96. The molecule has 1 aliphatic rings. The zero-order valence-corrected chi connectivity index (χ0v) is 26.1. The number of nitrogens with zero attached hydrogens (tertiary/aromatic N) is 2. The Balaban J connectivity index is 1.26. The number of anilines is 3. The minimum absolute atomic E-state index is 0.352. The van der Waals surface area contributed by atoms with Gasteiger partial charge in [0.05, 0.1) is 11.1 Å². The van der Waals surface area contributed by atoms with E-state index in [4.69, 9.17) is 4.98 Å². The summed E-state index contributed by atoms with van der Waals surface area (Å²) in [6, 6.07) is 61.4. The van der Waals surface area contributed by atoms with E-state index in [0.29, 0.717) is 0 Å². The molecule has 0 bridgehead atoms. The summed E-state index contributed by atoms with van der Waals surface area (Å²) >= 11 is 0. The van der Waals surface area contributed by atoms with Gasteiger partial charge >= 0.3 is 0 Å². The molecule has 1 aliphatic carbocycles. The van der Waals surface area contributed by atoms with Crippen LogP contribution in [0.25, 0.3) is 43.8 Å². The van der Waals surface area contributed by atoms with Crippen LogP contribution in [0, 0.1) is 0 Å². The standard InChI is InChI=1S/C45H32N2/c1-45(44-21-10-11-26-46-44)42-20-9-8-19-38(42)41-28-34-23-22-32-24-25-37(29-39(32)40(34)30-43(41)45)47(35-16-6-3-7-17-35)36-18-12-15-33(27-36)31-13-4-2-5-14-31/h2-30H,1H3. The van der Waals surface area contributed by atoms with Crippen molar-refractivity contribution in [2.75, 3.05) is 4.90 Å². The zero-order valence-electron chi connectivity index (χ0n) is 26.1. The fraction of sp³-hybridized carbons (Fsp3) is 0.0444. The predicted octanol–water partition coefficient (Wildman–Crippen LogP) is 11.9. The molecule has 0 fully saturated rings. The molecule has 1 atom stereocenters. The lowest BCUT2D eigenvalue weighted by Gasteiger charge is -2.27. The van der Waals surface area contributed by atoms with E-state index >= 15 is 0 Å². The van der Waals surface area contributed by atoms with Gasteiger partial charge in [0.25, 0.3) is 0 Å². The summed E-state index contributed by atoms with van der Waals surface area (Å²) in [6.07, 6.45) is 1.91. The van der Waals surface area contributed by atoms with Crippen molar-refractivity contribution in [3.63, 3.8) is 0 Å². The lowest BCUT2D eigenvalue weighted by Crippen LogP contribution is -2.23. The minimum atomic E-state index is -0.352. The molecule has 0 spiro atoms. The van der Waals surface area contributed by atoms with Crippen LogP contribution >= 0.6 is 0 Å². The van der Waals surface area contributed by atoms with Gasteiger partial charge in [-0.2, -0.15) is 0 Å². The Morgan fingerprint density at radius 3 is 1.94 bits per heavy atom. The van der Waals surface area contributed by atoms with Gasteiger partial charge in [0.15, 0.2) is 0 Å². The molecule has 47 heavy (non-hydrogen) atoms. The highest BCUT2D eigenvalue weighted by molar-refractivity contribution is 6.11. The quantitative estimate of drug-likeness (QED) is 0.183. The van der Waals surface area contributed by atoms with Crippen LogP contribution in [0.3, 0.4) is 0 Å². The second kappa shape index (κ2) is 10.8. The third-order valence-corrected chi connectivity index (χ3v) is 9.92. The van der Waals surface area contributed by atoms with Gasteiger partial charge in [0.2, 0.25) is 0 Å². The highest BCUT2D eigenvalue weighted by atomic mass is 15.1. The van der Waals surface area contributed by atoms with E-state index in [2.05, 4.69) is 176 Å². The summed E-state index contributed by atoms with van der Waals surface area (Å²) in [5.41, 5.74) is 11.7. The van der Waals surface area contributed by atoms with Crippen LogP contribution in [-0.2, 0) is 5.41 Å². The number of fused-ring (bicyclic) bond motifs is 6. The van der Waals surface area contributed by atoms with E-state index in [1.165, 1.54) is 54.9 Å². The molecule has 222 valence electrons. The molecule has 0 N–H and O–H groups in total. The monoisotopic (exact) mass is 600 g/mol. The van der Waals surface area contributed by atoms with E-state index in [9.17, 15) is 0 Å². The second-order valence-electron chi connectivity index (χ2n) is 12.6. The molecule has 1 unspecified atom stereocenters. The summed E-state index contributed by atoms with van der Waals surface area (Å²) < 4.78 is 0. The van der Waals surface area contributed by atoms with E-state index < -0.39 is 0 Å². The predicted molar refractivity (Wildman–Crippen MR) is 197 cm³/mol.